The predicted molar refractivity (Wildman–Crippen MR) is 77.8 cm³/mol. The van der Waals surface area contributed by atoms with Gasteiger partial charge < -0.3 is 10.1 Å². The minimum Gasteiger partial charge on any atom is -0.490 e. The van der Waals surface area contributed by atoms with Crippen LogP contribution >= 0.6 is 0 Å². The number of carbonyl (C=O) groups is 1. The molecule has 2 rings (SSSR count). The first-order valence-electron chi connectivity index (χ1n) is 6.76. The number of aryl methyl sites for hydroxylation is 1. The highest BCUT2D eigenvalue weighted by Gasteiger charge is 2.06. The topological polar surface area (TPSA) is 51.2 Å². The van der Waals surface area contributed by atoms with Crippen LogP contribution in [0.15, 0.2) is 42.5 Å². The standard InChI is InChI=1S/C16H17FN2O2/c1-12-6-4-8-14(19-12)16(20)18-10-5-11-21-15-9-3-2-7-13(15)17/h2-4,6-9H,5,10-11H2,1H3,(H,18,20). The van der Waals surface area contributed by atoms with Gasteiger partial charge in [-0.15, -0.1) is 0 Å². The van der Waals surface area contributed by atoms with Crippen molar-refractivity contribution in [3.63, 3.8) is 0 Å². The predicted octanol–water partition coefficient (Wildman–Crippen LogP) is 2.73. The zero-order chi connectivity index (χ0) is 15.1. The van der Waals surface area contributed by atoms with E-state index in [1.165, 1.54) is 6.07 Å². The molecule has 0 saturated carbocycles. The summed E-state index contributed by atoms with van der Waals surface area (Å²) >= 11 is 0. The van der Waals surface area contributed by atoms with Crippen LogP contribution in [-0.2, 0) is 0 Å². The molecular formula is C16H17FN2O2. The summed E-state index contributed by atoms with van der Waals surface area (Å²) in [5, 5.41) is 2.75. The number of halogens is 1. The summed E-state index contributed by atoms with van der Waals surface area (Å²) in [6, 6.07) is 11.5. The van der Waals surface area contributed by atoms with Crippen LogP contribution in [0.4, 0.5) is 4.39 Å². The van der Waals surface area contributed by atoms with E-state index < -0.39 is 0 Å². The average Bonchev–Trinajstić information content (AvgIpc) is 2.48. The van der Waals surface area contributed by atoms with Crippen LogP contribution < -0.4 is 10.1 Å². The molecule has 1 N–H and O–H groups in total. The van der Waals surface area contributed by atoms with Gasteiger partial charge in [0.05, 0.1) is 6.61 Å². The monoisotopic (exact) mass is 288 g/mol. The highest BCUT2D eigenvalue weighted by Crippen LogP contribution is 2.15. The van der Waals surface area contributed by atoms with Crippen molar-refractivity contribution in [3.8, 4) is 5.75 Å². The van der Waals surface area contributed by atoms with Gasteiger partial charge in [-0.2, -0.15) is 0 Å². The zero-order valence-corrected chi connectivity index (χ0v) is 11.8. The summed E-state index contributed by atoms with van der Waals surface area (Å²) in [5.41, 5.74) is 1.19. The fourth-order valence-electron chi connectivity index (χ4n) is 1.78. The number of hydrogen-bond acceptors (Lipinski definition) is 3. The summed E-state index contributed by atoms with van der Waals surface area (Å²) in [6.07, 6.45) is 0.589. The van der Waals surface area contributed by atoms with Crippen molar-refractivity contribution in [3.05, 3.63) is 59.7 Å². The Morgan fingerprint density at radius 1 is 1.24 bits per heavy atom. The maximum Gasteiger partial charge on any atom is 0.269 e. The number of benzene rings is 1. The Morgan fingerprint density at radius 2 is 2.05 bits per heavy atom. The van der Waals surface area contributed by atoms with Crippen LogP contribution in [-0.4, -0.2) is 24.0 Å². The van der Waals surface area contributed by atoms with Gasteiger partial charge >= 0.3 is 0 Å². The maximum absolute atomic E-state index is 13.3. The number of nitrogens with zero attached hydrogens (tertiary/aromatic N) is 1. The summed E-state index contributed by atoms with van der Waals surface area (Å²) in [5.74, 6) is -0.376. The highest BCUT2D eigenvalue weighted by atomic mass is 19.1. The Morgan fingerprint density at radius 3 is 2.81 bits per heavy atom. The van der Waals surface area contributed by atoms with E-state index in [0.29, 0.717) is 25.3 Å². The fraction of sp³-hybridized carbons (Fsp3) is 0.250. The molecule has 1 aromatic heterocycles. The van der Waals surface area contributed by atoms with Crippen molar-refractivity contribution in [1.29, 1.82) is 0 Å². The van der Waals surface area contributed by atoms with E-state index in [1.54, 1.807) is 30.3 Å². The lowest BCUT2D eigenvalue weighted by Crippen LogP contribution is -2.26. The van der Waals surface area contributed by atoms with E-state index in [4.69, 9.17) is 4.74 Å². The van der Waals surface area contributed by atoms with Gasteiger partial charge in [-0.25, -0.2) is 9.37 Å². The number of pyridine rings is 1. The second-order valence-electron chi connectivity index (χ2n) is 4.55. The smallest absolute Gasteiger partial charge is 0.269 e. The minimum atomic E-state index is -0.384. The van der Waals surface area contributed by atoms with Gasteiger partial charge in [0, 0.05) is 12.2 Å². The molecule has 0 bridgehead atoms. The first-order valence-corrected chi connectivity index (χ1v) is 6.76. The first-order chi connectivity index (χ1) is 10.2. The van der Waals surface area contributed by atoms with E-state index >= 15 is 0 Å². The van der Waals surface area contributed by atoms with E-state index in [2.05, 4.69) is 10.3 Å². The molecule has 0 atom stereocenters. The fourth-order valence-corrected chi connectivity index (χ4v) is 1.78. The maximum atomic E-state index is 13.3. The molecule has 1 amide bonds. The third kappa shape index (κ3) is 4.56. The molecule has 0 radical (unpaired) electrons. The molecule has 0 aliphatic carbocycles. The molecule has 0 fully saturated rings. The lowest BCUT2D eigenvalue weighted by atomic mass is 10.3. The number of ether oxygens (including phenoxy) is 1. The van der Waals surface area contributed by atoms with Crippen molar-refractivity contribution in [2.45, 2.75) is 13.3 Å². The van der Waals surface area contributed by atoms with E-state index in [0.717, 1.165) is 5.69 Å². The molecule has 0 aliphatic rings. The number of amides is 1. The Bertz CT molecular complexity index is 617. The third-order valence-corrected chi connectivity index (χ3v) is 2.82. The van der Waals surface area contributed by atoms with Crippen molar-refractivity contribution in [1.82, 2.24) is 10.3 Å². The number of para-hydroxylation sites is 1. The van der Waals surface area contributed by atoms with E-state index in [9.17, 15) is 9.18 Å². The molecule has 1 aromatic carbocycles. The Balaban J connectivity index is 1.70. The van der Waals surface area contributed by atoms with E-state index in [-0.39, 0.29) is 17.5 Å². The van der Waals surface area contributed by atoms with Gasteiger partial charge in [-0.05, 0) is 37.6 Å². The summed E-state index contributed by atoms with van der Waals surface area (Å²) < 4.78 is 18.6. The first kappa shape index (κ1) is 15.0. The van der Waals surface area contributed by atoms with Crippen molar-refractivity contribution in [2.75, 3.05) is 13.2 Å². The molecule has 0 spiro atoms. The van der Waals surface area contributed by atoms with Gasteiger partial charge in [-0.3, -0.25) is 4.79 Å². The second kappa shape index (κ2) is 7.38. The summed E-state index contributed by atoms with van der Waals surface area (Å²) in [4.78, 5) is 15.9. The Hall–Kier alpha value is -2.43. The van der Waals surface area contributed by atoms with E-state index in [1.807, 2.05) is 13.0 Å². The average molecular weight is 288 g/mol. The highest BCUT2D eigenvalue weighted by molar-refractivity contribution is 5.92. The Labute approximate surface area is 123 Å². The number of aromatic nitrogens is 1. The second-order valence-corrected chi connectivity index (χ2v) is 4.55. The summed E-state index contributed by atoms with van der Waals surface area (Å²) in [7, 11) is 0. The van der Waals surface area contributed by atoms with Crippen LogP contribution in [0.25, 0.3) is 0 Å². The normalized spacial score (nSPS) is 10.2. The molecule has 1 heterocycles. The van der Waals surface area contributed by atoms with Gasteiger partial charge in [0.2, 0.25) is 0 Å². The molecule has 0 aliphatic heterocycles. The van der Waals surface area contributed by atoms with Gasteiger partial charge in [-0.1, -0.05) is 18.2 Å². The largest absolute Gasteiger partial charge is 0.490 e. The molecule has 21 heavy (non-hydrogen) atoms. The SMILES string of the molecule is Cc1cccc(C(=O)NCCCOc2ccccc2F)n1. The molecule has 0 unspecified atom stereocenters. The van der Waals surface area contributed by atoms with Crippen LogP contribution in [0, 0.1) is 12.7 Å². The minimum absolute atomic E-state index is 0.218. The number of rotatable bonds is 6. The molecule has 0 saturated heterocycles. The number of carbonyl (C=O) groups excluding carboxylic acids is 1. The summed E-state index contributed by atoms with van der Waals surface area (Å²) in [6.45, 7) is 2.62. The lowest BCUT2D eigenvalue weighted by Gasteiger charge is -2.08. The number of nitrogens with one attached hydrogen (secondary N) is 1. The van der Waals surface area contributed by atoms with Crippen molar-refractivity contribution >= 4 is 5.91 Å². The lowest BCUT2D eigenvalue weighted by molar-refractivity contribution is 0.0946. The molecule has 5 heteroatoms. The van der Waals surface area contributed by atoms with Gasteiger partial charge in [0.25, 0.3) is 5.91 Å². The van der Waals surface area contributed by atoms with Crippen LogP contribution in [0.1, 0.15) is 22.6 Å². The zero-order valence-electron chi connectivity index (χ0n) is 11.8. The molecule has 4 nitrogen and oxygen atoms in total. The molecule has 110 valence electrons. The third-order valence-electron chi connectivity index (χ3n) is 2.82. The van der Waals surface area contributed by atoms with Crippen molar-refractivity contribution < 1.29 is 13.9 Å². The van der Waals surface area contributed by atoms with Gasteiger partial charge in [0.1, 0.15) is 5.69 Å². The quantitative estimate of drug-likeness (QED) is 0.832. The molecule has 2 aromatic rings. The van der Waals surface area contributed by atoms with Crippen molar-refractivity contribution in [2.24, 2.45) is 0 Å². The molecular weight excluding hydrogens is 271 g/mol. The number of hydrogen-bond donors (Lipinski definition) is 1. The van der Waals surface area contributed by atoms with Crippen LogP contribution in [0.5, 0.6) is 5.75 Å². The van der Waals surface area contributed by atoms with Crippen LogP contribution in [0.2, 0.25) is 0 Å². The van der Waals surface area contributed by atoms with Gasteiger partial charge in [0.15, 0.2) is 11.6 Å². The van der Waals surface area contributed by atoms with Crippen LogP contribution in [0.3, 0.4) is 0 Å². The Kier molecular flexibility index (Phi) is 5.26.